The van der Waals surface area contributed by atoms with Crippen LogP contribution < -0.4 is 5.32 Å². The average molecular weight is 294 g/mol. The van der Waals surface area contributed by atoms with E-state index in [1.54, 1.807) is 22.7 Å². The number of thiophene rings is 1. The fraction of sp³-hybridized carbons (Fsp3) is 0.500. The molecular weight excluding hydrogens is 276 g/mol. The second-order valence-electron chi connectivity index (χ2n) is 5.35. The van der Waals surface area contributed by atoms with Crippen molar-refractivity contribution in [2.45, 2.75) is 31.8 Å². The van der Waals surface area contributed by atoms with Crippen molar-refractivity contribution in [3.63, 3.8) is 0 Å². The lowest BCUT2D eigenvalue weighted by molar-refractivity contribution is 0.154. The topological polar surface area (TPSA) is 45.1 Å². The molecule has 0 spiro atoms. The van der Waals surface area contributed by atoms with Gasteiger partial charge in [0.15, 0.2) is 0 Å². The van der Waals surface area contributed by atoms with Crippen LogP contribution in [0.1, 0.15) is 24.6 Å². The Balaban J connectivity index is 1.64. The summed E-state index contributed by atoms with van der Waals surface area (Å²) in [6.45, 7) is 3.11. The van der Waals surface area contributed by atoms with E-state index < -0.39 is 0 Å². The van der Waals surface area contributed by atoms with Gasteiger partial charge in [-0.25, -0.2) is 4.98 Å². The first kappa shape index (κ1) is 13.2. The highest BCUT2D eigenvalue weighted by Gasteiger charge is 2.40. The Labute approximate surface area is 121 Å². The number of hydrogen-bond donors (Lipinski definition) is 2. The summed E-state index contributed by atoms with van der Waals surface area (Å²) in [5.74, 6) is 0.627. The molecule has 0 radical (unpaired) electrons. The minimum Gasteiger partial charge on any atom is -0.394 e. The summed E-state index contributed by atoms with van der Waals surface area (Å²) >= 11 is 3.42. The van der Waals surface area contributed by atoms with E-state index in [0.717, 1.165) is 11.6 Å². The highest BCUT2D eigenvalue weighted by molar-refractivity contribution is 7.15. The Hall–Kier alpha value is -0.750. The molecule has 1 aliphatic carbocycles. The number of nitrogens with zero attached hydrogens (tertiary/aromatic N) is 1. The molecular formula is C14H18N2OS2. The zero-order valence-electron chi connectivity index (χ0n) is 10.9. The molecule has 2 aromatic rings. The van der Waals surface area contributed by atoms with Crippen LogP contribution in [-0.2, 0) is 6.54 Å². The maximum Gasteiger partial charge on any atom is 0.124 e. The summed E-state index contributed by atoms with van der Waals surface area (Å²) < 4.78 is 0. The van der Waals surface area contributed by atoms with Gasteiger partial charge in [0.25, 0.3) is 0 Å². The third kappa shape index (κ3) is 2.89. The fourth-order valence-corrected chi connectivity index (χ4v) is 3.81. The van der Waals surface area contributed by atoms with Crippen molar-refractivity contribution >= 4 is 22.7 Å². The number of aromatic nitrogens is 1. The summed E-state index contributed by atoms with van der Waals surface area (Å²) in [6.07, 6.45) is 4.40. The van der Waals surface area contributed by atoms with E-state index in [9.17, 15) is 5.11 Å². The predicted molar refractivity (Wildman–Crippen MR) is 80.5 cm³/mol. The lowest BCUT2D eigenvalue weighted by Crippen LogP contribution is -2.47. The maximum absolute atomic E-state index is 9.56. The van der Waals surface area contributed by atoms with Crippen LogP contribution in [0, 0.1) is 5.92 Å². The van der Waals surface area contributed by atoms with Crippen molar-refractivity contribution in [2.75, 3.05) is 6.61 Å². The van der Waals surface area contributed by atoms with Gasteiger partial charge in [-0.05, 0) is 37.1 Å². The van der Waals surface area contributed by atoms with Crippen molar-refractivity contribution < 1.29 is 5.11 Å². The zero-order chi connectivity index (χ0) is 13.3. The number of aliphatic hydroxyl groups is 1. The molecule has 3 nitrogen and oxygen atoms in total. The van der Waals surface area contributed by atoms with Crippen molar-refractivity contribution in [2.24, 2.45) is 5.92 Å². The van der Waals surface area contributed by atoms with Crippen molar-refractivity contribution in [3.8, 4) is 10.6 Å². The van der Waals surface area contributed by atoms with Gasteiger partial charge in [0.05, 0.1) is 6.61 Å². The molecule has 2 heterocycles. The third-order valence-corrected chi connectivity index (χ3v) is 5.52. The summed E-state index contributed by atoms with van der Waals surface area (Å²) in [5.41, 5.74) is 1.07. The van der Waals surface area contributed by atoms with Crippen LogP contribution in [0.15, 0.2) is 23.0 Å². The minimum absolute atomic E-state index is 0.132. The predicted octanol–water partition coefficient (Wildman–Crippen LogP) is 3.12. The minimum atomic E-state index is -0.132. The van der Waals surface area contributed by atoms with E-state index in [4.69, 9.17) is 0 Å². The van der Waals surface area contributed by atoms with E-state index in [1.807, 2.05) is 6.20 Å². The Morgan fingerprint density at radius 2 is 2.37 bits per heavy atom. The molecule has 1 aliphatic rings. The van der Waals surface area contributed by atoms with Gasteiger partial charge in [-0.2, -0.15) is 11.3 Å². The van der Waals surface area contributed by atoms with E-state index in [-0.39, 0.29) is 12.1 Å². The first-order valence-corrected chi connectivity index (χ1v) is 8.30. The zero-order valence-corrected chi connectivity index (χ0v) is 12.6. The molecule has 1 atom stereocenters. The molecule has 102 valence electrons. The first-order valence-electron chi connectivity index (χ1n) is 6.54. The van der Waals surface area contributed by atoms with E-state index in [1.165, 1.54) is 23.3 Å². The Bertz CT molecular complexity index is 533. The Morgan fingerprint density at radius 1 is 1.53 bits per heavy atom. The van der Waals surface area contributed by atoms with Crippen LogP contribution in [0.3, 0.4) is 0 Å². The van der Waals surface area contributed by atoms with Crippen molar-refractivity contribution in [3.05, 3.63) is 27.9 Å². The summed E-state index contributed by atoms with van der Waals surface area (Å²) in [5, 5.41) is 18.3. The molecule has 0 aromatic carbocycles. The van der Waals surface area contributed by atoms with Gasteiger partial charge < -0.3 is 10.4 Å². The molecule has 2 aromatic heterocycles. The van der Waals surface area contributed by atoms with E-state index in [2.05, 4.69) is 34.1 Å². The monoisotopic (exact) mass is 294 g/mol. The lowest BCUT2D eigenvalue weighted by Gasteiger charge is -2.28. The number of thiazole rings is 1. The SMILES string of the molecule is CC(CO)(NCc1cnc(-c2ccsc2)s1)C1CC1. The van der Waals surface area contributed by atoms with Gasteiger partial charge in [-0.1, -0.05) is 0 Å². The van der Waals surface area contributed by atoms with Gasteiger partial charge in [0.2, 0.25) is 0 Å². The van der Waals surface area contributed by atoms with Crippen LogP contribution in [0.25, 0.3) is 10.6 Å². The fourth-order valence-electron chi connectivity index (χ4n) is 2.25. The second kappa shape index (κ2) is 5.32. The van der Waals surface area contributed by atoms with Gasteiger partial charge in [-0.3, -0.25) is 0 Å². The van der Waals surface area contributed by atoms with Gasteiger partial charge in [0, 0.05) is 34.1 Å². The highest BCUT2D eigenvalue weighted by atomic mass is 32.1. The Morgan fingerprint density at radius 3 is 3.00 bits per heavy atom. The maximum atomic E-state index is 9.56. The Kier molecular flexibility index (Phi) is 3.71. The van der Waals surface area contributed by atoms with Crippen LogP contribution in [0.5, 0.6) is 0 Å². The third-order valence-electron chi connectivity index (χ3n) is 3.80. The molecule has 5 heteroatoms. The molecule has 19 heavy (non-hydrogen) atoms. The molecule has 1 saturated carbocycles. The van der Waals surface area contributed by atoms with Gasteiger partial charge >= 0.3 is 0 Å². The summed E-state index contributed by atoms with van der Waals surface area (Å²) in [7, 11) is 0. The largest absolute Gasteiger partial charge is 0.394 e. The number of nitrogens with one attached hydrogen (secondary N) is 1. The van der Waals surface area contributed by atoms with Gasteiger partial charge in [0.1, 0.15) is 5.01 Å². The van der Waals surface area contributed by atoms with Crippen molar-refractivity contribution in [1.29, 1.82) is 0 Å². The lowest BCUT2D eigenvalue weighted by atomic mass is 9.97. The molecule has 0 saturated heterocycles. The van der Waals surface area contributed by atoms with Crippen LogP contribution in [0.2, 0.25) is 0 Å². The van der Waals surface area contributed by atoms with Crippen LogP contribution in [0.4, 0.5) is 0 Å². The second-order valence-corrected chi connectivity index (χ2v) is 7.24. The number of rotatable bonds is 6. The normalized spacial score (nSPS) is 18.4. The molecule has 1 fully saturated rings. The molecule has 0 amide bonds. The average Bonchev–Trinajstić information content (AvgIpc) is 2.96. The van der Waals surface area contributed by atoms with Crippen LogP contribution in [-0.4, -0.2) is 22.2 Å². The quantitative estimate of drug-likeness (QED) is 0.860. The summed E-state index contributed by atoms with van der Waals surface area (Å²) in [4.78, 5) is 5.69. The highest BCUT2D eigenvalue weighted by Crippen LogP contribution is 2.39. The smallest absolute Gasteiger partial charge is 0.124 e. The number of aliphatic hydroxyl groups excluding tert-OH is 1. The number of hydrogen-bond acceptors (Lipinski definition) is 5. The van der Waals surface area contributed by atoms with Crippen LogP contribution >= 0.6 is 22.7 Å². The van der Waals surface area contributed by atoms with E-state index >= 15 is 0 Å². The molecule has 0 bridgehead atoms. The van der Waals surface area contributed by atoms with Gasteiger partial charge in [-0.15, -0.1) is 11.3 Å². The standard InChI is InChI=1S/C14H18N2OS2/c1-14(9-17,11-2-3-11)16-7-12-6-15-13(19-12)10-4-5-18-8-10/h4-6,8,11,16-17H,2-3,7,9H2,1H3. The molecule has 1 unspecified atom stereocenters. The summed E-state index contributed by atoms with van der Waals surface area (Å²) in [6, 6.07) is 2.10. The molecule has 3 rings (SSSR count). The molecule has 0 aliphatic heterocycles. The van der Waals surface area contributed by atoms with Crippen molar-refractivity contribution in [1.82, 2.24) is 10.3 Å². The molecule has 2 N–H and O–H groups in total. The first-order chi connectivity index (χ1) is 9.21. The van der Waals surface area contributed by atoms with E-state index in [0.29, 0.717) is 5.92 Å².